The first-order chi connectivity index (χ1) is 15.9. The predicted octanol–water partition coefficient (Wildman–Crippen LogP) is 4.32. The number of ketones is 1. The quantitative estimate of drug-likeness (QED) is 0.399. The fraction of sp³-hybridized carbons (Fsp3) is 0.115. The molecule has 0 aliphatic rings. The molecule has 0 spiro atoms. The van der Waals surface area contributed by atoms with Crippen molar-refractivity contribution in [3.8, 4) is 11.5 Å². The van der Waals surface area contributed by atoms with Gasteiger partial charge in [-0.1, -0.05) is 36.4 Å². The van der Waals surface area contributed by atoms with Crippen molar-refractivity contribution < 1.29 is 23.9 Å². The van der Waals surface area contributed by atoms with Gasteiger partial charge >= 0.3 is 0 Å². The Morgan fingerprint density at radius 2 is 1.48 bits per heavy atom. The number of hydrogen-bond acceptors (Lipinski definition) is 5. The van der Waals surface area contributed by atoms with Crippen LogP contribution in [0.15, 0.2) is 78.5 Å². The average molecular weight is 444 g/mol. The number of carbonyl (C=O) groups excluding carboxylic acids is 3. The normalized spacial score (nSPS) is 10.8. The van der Waals surface area contributed by atoms with Crippen molar-refractivity contribution in [3.05, 3.63) is 95.2 Å². The smallest absolute Gasteiger partial charge is 0.272 e. The third-order valence-corrected chi connectivity index (χ3v) is 4.77. The monoisotopic (exact) mass is 444 g/mol. The molecule has 0 aromatic heterocycles. The Labute approximate surface area is 192 Å². The van der Waals surface area contributed by atoms with Crippen molar-refractivity contribution in [3.63, 3.8) is 0 Å². The summed E-state index contributed by atoms with van der Waals surface area (Å²) in [7, 11) is 3.04. The zero-order valence-electron chi connectivity index (χ0n) is 18.5. The molecule has 0 heterocycles. The molecule has 7 nitrogen and oxygen atoms in total. The zero-order valence-corrected chi connectivity index (χ0v) is 18.5. The number of Topliss-reactive ketones (excluding diaryl/α,β-unsaturated/α-hetero) is 1. The molecule has 0 aliphatic heterocycles. The van der Waals surface area contributed by atoms with Crippen LogP contribution >= 0.6 is 0 Å². The van der Waals surface area contributed by atoms with E-state index in [1.54, 1.807) is 72.8 Å². The zero-order chi connectivity index (χ0) is 23.8. The van der Waals surface area contributed by atoms with Gasteiger partial charge in [0.2, 0.25) is 0 Å². The summed E-state index contributed by atoms with van der Waals surface area (Å²) in [4.78, 5) is 37.5. The van der Waals surface area contributed by atoms with Crippen molar-refractivity contribution in [2.24, 2.45) is 0 Å². The van der Waals surface area contributed by atoms with E-state index in [9.17, 15) is 14.4 Å². The first kappa shape index (κ1) is 23.3. The molecule has 2 N–H and O–H groups in total. The van der Waals surface area contributed by atoms with Crippen LogP contribution in [-0.4, -0.2) is 31.8 Å². The predicted molar refractivity (Wildman–Crippen MR) is 127 cm³/mol. The van der Waals surface area contributed by atoms with E-state index in [0.717, 1.165) is 0 Å². The Morgan fingerprint density at radius 3 is 2.15 bits per heavy atom. The van der Waals surface area contributed by atoms with Gasteiger partial charge in [0, 0.05) is 16.8 Å². The number of hydrogen-bond donors (Lipinski definition) is 2. The third kappa shape index (κ3) is 6.07. The highest BCUT2D eigenvalue weighted by molar-refractivity contribution is 6.11. The van der Waals surface area contributed by atoms with Crippen LogP contribution in [0.3, 0.4) is 0 Å². The van der Waals surface area contributed by atoms with Gasteiger partial charge in [-0.15, -0.1) is 0 Å². The summed E-state index contributed by atoms with van der Waals surface area (Å²) < 4.78 is 10.6. The number of carbonyl (C=O) groups is 3. The first-order valence-electron chi connectivity index (χ1n) is 10.1. The molecule has 0 radical (unpaired) electrons. The van der Waals surface area contributed by atoms with E-state index in [0.29, 0.717) is 33.9 Å². The molecule has 3 aromatic rings. The second kappa shape index (κ2) is 10.8. The maximum Gasteiger partial charge on any atom is 0.272 e. The van der Waals surface area contributed by atoms with Gasteiger partial charge in [-0.05, 0) is 55.0 Å². The Balaban J connectivity index is 1.95. The summed E-state index contributed by atoms with van der Waals surface area (Å²) in [6, 6.07) is 20.3. The second-order valence-corrected chi connectivity index (χ2v) is 7.08. The lowest BCUT2D eigenvalue weighted by Gasteiger charge is -2.13. The lowest BCUT2D eigenvalue weighted by atomic mass is 10.1. The molecule has 2 amide bonds. The fourth-order valence-corrected chi connectivity index (χ4v) is 3.07. The maximum absolute atomic E-state index is 13.1. The van der Waals surface area contributed by atoms with E-state index in [-0.39, 0.29) is 11.5 Å². The highest BCUT2D eigenvalue weighted by Crippen LogP contribution is 2.28. The number of methoxy groups -OCH3 is 2. The molecule has 33 heavy (non-hydrogen) atoms. The second-order valence-electron chi connectivity index (χ2n) is 7.08. The van der Waals surface area contributed by atoms with Crippen LogP contribution < -0.4 is 20.1 Å². The van der Waals surface area contributed by atoms with Crippen molar-refractivity contribution in [2.45, 2.75) is 6.92 Å². The van der Waals surface area contributed by atoms with Crippen LogP contribution in [0, 0.1) is 0 Å². The Bertz CT molecular complexity index is 1200. The van der Waals surface area contributed by atoms with Crippen LogP contribution in [0.2, 0.25) is 0 Å². The van der Waals surface area contributed by atoms with Crippen molar-refractivity contribution in [1.29, 1.82) is 0 Å². The lowest BCUT2D eigenvalue weighted by molar-refractivity contribution is -0.113. The largest absolute Gasteiger partial charge is 0.493 e. The van der Waals surface area contributed by atoms with E-state index in [2.05, 4.69) is 10.6 Å². The first-order valence-corrected chi connectivity index (χ1v) is 10.1. The molecule has 0 aliphatic carbocycles. The molecular weight excluding hydrogens is 420 g/mol. The maximum atomic E-state index is 13.1. The minimum atomic E-state index is -0.547. The molecule has 0 unspecified atom stereocenters. The summed E-state index contributed by atoms with van der Waals surface area (Å²) in [6.45, 7) is 1.45. The molecule has 0 fully saturated rings. The molecule has 3 rings (SSSR count). The van der Waals surface area contributed by atoms with E-state index >= 15 is 0 Å². The minimum Gasteiger partial charge on any atom is -0.493 e. The molecule has 0 saturated carbocycles. The van der Waals surface area contributed by atoms with Crippen molar-refractivity contribution >= 4 is 29.4 Å². The van der Waals surface area contributed by atoms with Gasteiger partial charge in [-0.3, -0.25) is 14.4 Å². The molecule has 168 valence electrons. The number of ether oxygens (including phenoxy) is 2. The summed E-state index contributed by atoms with van der Waals surface area (Å²) in [5, 5.41) is 5.41. The molecule has 3 aromatic carbocycles. The van der Waals surface area contributed by atoms with Crippen LogP contribution in [0.5, 0.6) is 11.5 Å². The average Bonchev–Trinajstić information content (AvgIpc) is 2.84. The Hall–Kier alpha value is -4.39. The summed E-state index contributed by atoms with van der Waals surface area (Å²) in [6.07, 6.45) is 1.53. The Morgan fingerprint density at radius 1 is 0.788 bits per heavy atom. The SMILES string of the molecule is COc1ccc(/C=C(/NC(=O)c2ccccc2)C(=O)Nc2cccc(C(C)=O)c2)cc1OC. The molecule has 7 heteroatoms. The minimum absolute atomic E-state index is 0.0179. The van der Waals surface area contributed by atoms with Crippen molar-refractivity contribution in [2.75, 3.05) is 19.5 Å². The van der Waals surface area contributed by atoms with Crippen LogP contribution in [0.4, 0.5) is 5.69 Å². The summed E-state index contributed by atoms with van der Waals surface area (Å²) >= 11 is 0. The fourth-order valence-electron chi connectivity index (χ4n) is 3.07. The van der Waals surface area contributed by atoms with E-state index in [4.69, 9.17) is 9.47 Å². The van der Waals surface area contributed by atoms with Gasteiger partial charge in [-0.2, -0.15) is 0 Å². The van der Waals surface area contributed by atoms with Crippen LogP contribution in [0.1, 0.15) is 33.2 Å². The highest BCUT2D eigenvalue weighted by Gasteiger charge is 2.16. The molecule has 0 saturated heterocycles. The number of rotatable bonds is 8. The van der Waals surface area contributed by atoms with Gasteiger partial charge in [0.25, 0.3) is 11.8 Å². The summed E-state index contributed by atoms with van der Waals surface area (Å²) in [5.74, 6) is -0.0844. The van der Waals surface area contributed by atoms with Crippen LogP contribution in [-0.2, 0) is 4.79 Å². The number of amides is 2. The van der Waals surface area contributed by atoms with Crippen LogP contribution in [0.25, 0.3) is 6.08 Å². The third-order valence-electron chi connectivity index (χ3n) is 4.77. The van der Waals surface area contributed by atoms with Gasteiger partial charge in [0.15, 0.2) is 17.3 Å². The standard InChI is InChI=1S/C26H24N2O5/c1-17(29)20-10-7-11-21(16-20)27-26(31)22(28-25(30)19-8-5-4-6-9-19)14-18-12-13-23(32-2)24(15-18)33-3/h4-16H,1-3H3,(H,27,31)(H,28,30)/b22-14+. The van der Waals surface area contributed by atoms with E-state index in [1.807, 2.05) is 0 Å². The summed E-state index contributed by atoms with van der Waals surface area (Å²) in [5.41, 5.74) is 1.93. The lowest BCUT2D eigenvalue weighted by Crippen LogP contribution is -2.30. The Kier molecular flexibility index (Phi) is 7.60. The topological polar surface area (TPSA) is 93.7 Å². The van der Waals surface area contributed by atoms with Gasteiger partial charge in [0.1, 0.15) is 5.70 Å². The van der Waals surface area contributed by atoms with E-state index < -0.39 is 11.8 Å². The van der Waals surface area contributed by atoms with Crippen molar-refractivity contribution in [1.82, 2.24) is 5.32 Å². The van der Waals surface area contributed by atoms with Gasteiger partial charge < -0.3 is 20.1 Å². The number of anilines is 1. The molecular formula is C26H24N2O5. The number of benzene rings is 3. The van der Waals surface area contributed by atoms with Gasteiger partial charge in [-0.25, -0.2) is 0 Å². The molecule has 0 atom stereocenters. The molecule has 0 bridgehead atoms. The van der Waals surface area contributed by atoms with Gasteiger partial charge in [0.05, 0.1) is 14.2 Å². The highest BCUT2D eigenvalue weighted by atomic mass is 16.5. The number of nitrogens with one attached hydrogen (secondary N) is 2. The van der Waals surface area contributed by atoms with E-state index in [1.165, 1.54) is 27.2 Å².